The van der Waals surface area contributed by atoms with Crippen LogP contribution in [0.1, 0.15) is 29.2 Å². The maximum atomic E-state index is 13.6. The largest absolute Gasteiger partial charge is 0.493 e. The first-order valence-corrected chi connectivity index (χ1v) is 13.4. The van der Waals surface area contributed by atoms with Crippen LogP contribution >= 0.6 is 0 Å². The molecule has 10 nitrogen and oxygen atoms in total. The molecule has 4 rings (SSSR count). The highest BCUT2D eigenvalue weighted by Gasteiger charge is 2.25. The van der Waals surface area contributed by atoms with Gasteiger partial charge in [-0.25, -0.2) is 23.4 Å². The summed E-state index contributed by atoms with van der Waals surface area (Å²) >= 11 is 0. The zero-order valence-corrected chi connectivity index (χ0v) is 23.3. The highest BCUT2D eigenvalue weighted by Crippen LogP contribution is 2.41. The summed E-state index contributed by atoms with van der Waals surface area (Å²) in [6, 6.07) is 12.6. The molecule has 11 heteroatoms. The molecule has 2 aromatic carbocycles. The summed E-state index contributed by atoms with van der Waals surface area (Å²) in [6.45, 7) is 7.40. The smallest absolute Gasteiger partial charge is 0.263 e. The number of anilines is 1. The molecule has 0 aliphatic carbocycles. The highest BCUT2D eigenvalue weighted by molar-refractivity contribution is 7.96. The summed E-state index contributed by atoms with van der Waals surface area (Å²) in [5, 5.41) is 0. The van der Waals surface area contributed by atoms with Gasteiger partial charge < -0.3 is 14.2 Å². The molecule has 2 heterocycles. The van der Waals surface area contributed by atoms with E-state index in [-0.39, 0.29) is 34.0 Å². The molecular formula is C28H29N5O5S. The third-order valence-electron chi connectivity index (χ3n) is 5.82. The van der Waals surface area contributed by atoms with Crippen LogP contribution in [0.4, 0.5) is 5.82 Å². The van der Waals surface area contributed by atoms with Gasteiger partial charge in [0.25, 0.3) is 15.9 Å². The lowest BCUT2D eigenvalue weighted by atomic mass is 9.99. The van der Waals surface area contributed by atoms with E-state index < -0.39 is 10.0 Å². The molecule has 0 atom stereocenters. The van der Waals surface area contributed by atoms with E-state index in [4.69, 9.17) is 14.2 Å². The third-order valence-corrected chi connectivity index (χ3v) is 7.24. The Morgan fingerprint density at radius 3 is 2.13 bits per heavy atom. The van der Waals surface area contributed by atoms with Gasteiger partial charge in [0, 0.05) is 12.4 Å². The molecule has 1 N–H and O–H groups in total. The maximum Gasteiger partial charge on any atom is 0.263 e. The minimum Gasteiger partial charge on any atom is -0.493 e. The van der Waals surface area contributed by atoms with Crippen molar-refractivity contribution in [1.29, 1.82) is 0 Å². The number of benzene rings is 2. The number of sulfonamides is 1. The number of nitrogens with zero attached hydrogens (tertiary/aromatic N) is 4. The topological polar surface area (TPSA) is 125 Å². The molecule has 39 heavy (non-hydrogen) atoms. The number of hydrogen-bond donors (Lipinski definition) is 1. The Morgan fingerprint density at radius 2 is 1.51 bits per heavy atom. The Kier molecular flexibility index (Phi) is 8.10. The number of nitrogens with one attached hydrogen (secondary N) is 1. The fraction of sp³-hybridized carbons (Fsp3) is 0.214. The van der Waals surface area contributed by atoms with Crippen LogP contribution in [0.2, 0.25) is 0 Å². The van der Waals surface area contributed by atoms with Crippen molar-refractivity contribution in [2.45, 2.75) is 27.7 Å². The van der Waals surface area contributed by atoms with Crippen molar-refractivity contribution in [3.8, 4) is 34.8 Å². The van der Waals surface area contributed by atoms with Gasteiger partial charge in [-0.15, -0.1) is 0 Å². The van der Waals surface area contributed by atoms with Crippen molar-refractivity contribution in [3.63, 3.8) is 0 Å². The Balaban J connectivity index is 1.84. The molecule has 2 aromatic heterocycles. The van der Waals surface area contributed by atoms with E-state index in [0.29, 0.717) is 11.5 Å². The van der Waals surface area contributed by atoms with E-state index in [1.807, 2.05) is 32.9 Å². The van der Waals surface area contributed by atoms with Crippen molar-refractivity contribution in [1.82, 2.24) is 19.9 Å². The summed E-state index contributed by atoms with van der Waals surface area (Å²) in [5.74, 6) is 0.723. The number of aromatic nitrogens is 4. The molecule has 0 aliphatic heterocycles. The minimum atomic E-state index is -4.10. The second-order valence-electron chi connectivity index (χ2n) is 8.73. The van der Waals surface area contributed by atoms with Crippen LogP contribution in [0.3, 0.4) is 0 Å². The molecule has 0 fully saturated rings. The van der Waals surface area contributed by atoms with E-state index in [0.717, 1.165) is 22.3 Å². The number of rotatable bonds is 9. The van der Waals surface area contributed by atoms with Gasteiger partial charge in [-0.1, -0.05) is 29.8 Å². The van der Waals surface area contributed by atoms with Gasteiger partial charge in [-0.2, -0.15) is 4.98 Å². The molecular weight excluding hydrogens is 518 g/mol. The van der Waals surface area contributed by atoms with Gasteiger partial charge in [0.2, 0.25) is 11.6 Å². The quantitative estimate of drug-likeness (QED) is 0.290. The van der Waals surface area contributed by atoms with Crippen molar-refractivity contribution in [2.75, 3.05) is 18.9 Å². The van der Waals surface area contributed by atoms with Gasteiger partial charge in [0.15, 0.2) is 23.1 Å². The van der Waals surface area contributed by atoms with Gasteiger partial charge in [0.05, 0.1) is 19.1 Å². The molecule has 0 radical (unpaired) electrons. The van der Waals surface area contributed by atoms with Gasteiger partial charge in [0.1, 0.15) is 0 Å². The zero-order chi connectivity index (χ0) is 28.2. The fourth-order valence-corrected chi connectivity index (χ4v) is 4.79. The summed E-state index contributed by atoms with van der Waals surface area (Å²) in [4.78, 5) is 17.2. The van der Waals surface area contributed by atoms with Crippen molar-refractivity contribution < 1.29 is 22.6 Å². The number of para-hydroxylation sites is 2. The Labute approximate surface area is 227 Å². The first-order valence-electron chi connectivity index (χ1n) is 12.0. The van der Waals surface area contributed by atoms with Crippen LogP contribution < -0.4 is 18.9 Å². The molecule has 0 aliphatic rings. The second-order valence-corrected chi connectivity index (χ2v) is 10.6. The molecule has 0 spiro atoms. The summed E-state index contributed by atoms with van der Waals surface area (Å²) in [7, 11) is -1.21. The van der Waals surface area contributed by atoms with E-state index in [1.54, 1.807) is 36.4 Å². The Hall–Kier alpha value is -4.51. The monoisotopic (exact) mass is 547 g/mol. The van der Waals surface area contributed by atoms with Gasteiger partial charge in [-0.3, -0.25) is 4.72 Å². The van der Waals surface area contributed by atoms with Crippen LogP contribution in [0, 0.1) is 20.8 Å². The predicted molar refractivity (Wildman–Crippen MR) is 150 cm³/mol. The lowest BCUT2D eigenvalue weighted by Crippen LogP contribution is -2.16. The van der Waals surface area contributed by atoms with Crippen molar-refractivity contribution >= 4 is 21.9 Å². The molecule has 0 saturated carbocycles. The molecule has 0 saturated heterocycles. The first-order chi connectivity index (χ1) is 18.6. The average molecular weight is 548 g/mol. The van der Waals surface area contributed by atoms with Crippen LogP contribution in [-0.2, 0) is 10.0 Å². The standard InChI is InChI=1S/C28H29N5O5S/c1-17-14-18(2)21(19(3)15-17)16-20(4)39(34,35)33-25-24(38-23-11-8-7-10-22(23)36-5)28(37-6)32-27(31-25)26-29-12-9-13-30-26/h7-16H,1-6H3,(H,31,32,33)/b20-16+. The van der Waals surface area contributed by atoms with E-state index in [1.165, 1.54) is 33.5 Å². The third kappa shape index (κ3) is 6.15. The number of aryl methyl sites for hydroxylation is 3. The number of methoxy groups -OCH3 is 2. The Bertz CT molecular complexity index is 1620. The second kappa shape index (κ2) is 11.5. The van der Waals surface area contributed by atoms with Crippen molar-refractivity contribution in [3.05, 3.63) is 82.0 Å². The van der Waals surface area contributed by atoms with Gasteiger partial charge in [-0.05, 0) is 68.7 Å². The Morgan fingerprint density at radius 1 is 0.872 bits per heavy atom. The predicted octanol–water partition coefficient (Wildman–Crippen LogP) is 5.47. The average Bonchev–Trinajstić information content (AvgIpc) is 2.91. The van der Waals surface area contributed by atoms with Crippen LogP contribution in [-0.4, -0.2) is 42.6 Å². The molecule has 0 unspecified atom stereocenters. The number of allylic oxidation sites excluding steroid dienone is 1. The molecule has 4 aromatic rings. The molecule has 202 valence electrons. The lowest BCUT2D eigenvalue weighted by molar-refractivity contribution is 0.348. The highest BCUT2D eigenvalue weighted by atomic mass is 32.2. The maximum absolute atomic E-state index is 13.6. The van der Waals surface area contributed by atoms with E-state index >= 15 is 0 Å². The number of ether oxygens (including phenoxy) is 3. The SMILES string of the molecule is COc1ccccc1Oc1c(NS(=O)(=O)/C(C)=C/c2c(C)cc(C)cc2C)nc(-c2ncccn2)nc1OC. The zero-order valence-electron chi connectivity index (χ0n) is 22.5. The first kappa shape index (κ1) is 27.5. The van der Waals surface area contributed by atoms with E-state index in [9.17, 15) is 8.42 Å². The van der Waals surface area contributed by atoms with Gasteiger partial charge >= 0.3 is 0 Å². The van der Waals surface area contributed by atoms with Crippen molar-refractivity contribution in [2.24, 2.45) is 0 Å². The van der Waals surface area contributed by atoms with Crippen LogP contribution in [0.15, 0.2) is 59.8 Å². The van der Waals surface area contributed by atoms with Crippen LogP contribution in [0.5, 0.6) is 23.1 Å². The lowest BCUT2D eigenvalue weighted by Gasteiger charge is -2.17. The van der Waals surface area contributed by atoms with E-state index in [2.05, 4.69) is 24.7 Å². The van der Waals surface area contributed by atoms with Crippen LogP contribution in [0.25, 0.3) is 17.7 Å². The molecule has 0 amide bonds. The summed E-state index contributed by atoms with van der Waals surface area (Å²) < 4.78 is 46.7. The normalized spacial score (nSPS) is 11.7. The molecule has 0 bridgehead atoms. The fourth-order valence-electron chi connectivity index (χ4n) is 3.96. The summed E-state index contributed by atoms with van der Waals surface area (Å²) in [6.07, 6.45) is 4.69. The summed E-state index contributed by atoms with van der Waals surface area (Å²) in [5.41, 5.74) is 3.86. The minimum absolute atomic E-state index is 0.0251. The number of hydrogen-bond acceptors (Lipinski definition) is 9.